The summed E-state index contributed by atoms with van der Waals surface area (Å²) in [6.07, 6.45) is 5.54. The average molecular weight is 216 g/mol. The fourth-order valence-corrected chi connectivity index (χ4v) is 1.24. The van der Waals surface area contributed by atoms with Gasteiger partial charge in [-0.2, -0.15) is 0 Å². The van der Waals surface area contributed by atoms with E-state index in [0.29, 0.717) is 0 Å². The lowest BCUT2D eigenvalue weighted by atomic mass is 9.76. The largest absolute Gasteiger partial charge is 0.385 e. The van der Waals surface area contributed by atoms with Crippen molar-refractivity contribution in [3.8, 4) is 0 Å². The zero-order valence-corrected chi connectivity index (χ0v) is 10.3. The van der Waals surface area contributed by atoms with Crippen LogP contribution in [0.25, 0.3) is 6.08 Å². The Hall–Kier alpha value is -1.34. The molecule has 1 unspecified atom stereocenters. The van der Waals surface area contributed by atoms with E-state index in [2.05, 4.69) is 6.58 Å². The van der Waals surface area contributed by atoms with Gasteiger partial charge in [0, 0.05) is 5.41 Å². The Morgan fingerprint density at radius 2 is 1.69 bits per heavy atom. The van der Waals surface area contributed by atoms with Crippen molar-refractivity contribution in [3.05, 3.63) is 54.6 Å². The highest BCUT2D eigenvalue weighted by Crippen LogP contribution is 2.33. The van der Waals surface area contributed by atoms with Gasteiger partial charge in [0.25, 0.3) is 0 Å². The van der Waals surface area contributed by atoms with E-state index in [1.54, 1.807) is 13.0 Å². The Balaban J connectivity index is 2.89. The molecule has 1 rings (SSSR count). The van der Waals surface area contributed by atoms with E-state index >= 15 is 0 Å². The summed E-state index contributed by atoms with van der Waals surface area (Å²) in [6, 6.07) is 9.95. The summed E-state index contributed by atoms with van der Waals surface area (Å²) in [6.45, 7) is 9.49. The van der Waals surface area contributed by atoms with Gasteiger partial charge < -0.3 is 5.11 Å². The Morgan fingerprint density at radius 1 is 1.12 bits per heavy atom. The lowest BCUT2D eigenvalue weighted by Crippen LogP contribution is -2.38. The van der Waals surface area contributed by atoms with E-state index in [9.17, 15) is 5.11 Å². The standard InChI is InChI=1S/C15H20O/c1-5-14(2,3)15(4,16)12-11-13-9-7-6-8-10-13/h5-12,16H,1H2,2-4H3/b12-11+. The summed E-state index contributed by atoms with van der Waals surface area (Å²) in [5.74, 6) is 0. The van der Waals surface area contributed by atoms with Gasteiger partial charge in [-0.05, 0) is 12.5 Å². The van der Waals surface area contributed by atoms with Crippen LogP contribution in [-0.4, -0.2) is 10.7 Å². The maximum Gasteiger partial charge on any atom is 0.0887 e. The highest BCUT2D eigenvalue weighted by atomic mass is 16.3. The molecule has 0 spiro atoms. The molecule has 1 aromatic rings. The van der Waals surface area contributed by atoms with Crippen LogP contribution < -0.4 is 0 Å². The summed E-state index contributed by atoms with van der Waals surface area (Å²) >= 11 is 0. The molecule has 0 heterocycles. The van der Waals surface area contributed by atoms with E-state index in [-0.39, 0.29) is 5.41 Å². The van der Waals surface area contributed by atoms with Crippen molar-refractivity contribution in [1.82, 2.24) is 0 Å². The molecule has 0 aliphatic heterocycles. The molecule has 86 valence electrons. The van der Waals surface area contributed by atoms with Gasteiger partial charge >= 0.3 is 0 Å². The molecule has 0 fully saturated rings. The molecule has 16 heavy (non-hydrogen) atoms. The molecule has 0 saturated heterocycles. The van der Waals surface area contributed by atoms with Crippen LogP contribution in [-0.2, 0) is 0 Å². The van der Waals surface area contributed by atoms with E-state index in [1.165, 1.54) is 0 Å². The summed E-state index contributed by atoms with van der Waals surface area (Å²) in [5, 5.41) is 10.3. The molecule has 0 bridgehead atoms. The second-order valence-electron chi connectivity index (χ2n) is 4.82. The van der Waals surface area contributed by atoms with E-state index in [4.69, 9.17) is 0 Å². The van der Waals surface area contributed by atoms with E-state index in [0.717, 1.165) is 5.56 Å². The third-order valence-electron chi connectivity index (χ3n) is 3.21. The zero-order valence-electron chi connectivity index (χ0n) is 10.3. The lowest BCUT2D eigenvalue weighted by Gasteiger charge is -2.35. The fourth-order valence-electron chi connectivity index (χ4n) is 1.24. The second kappa shape index (κ2) is 4.67. The van der Waals surface area contributed by atoms with Crippen LogP contribution >= 0.6 is 0 Å². The highest BCUT2D eigenvalue weighted by molar-refractivity contribution is 5.50. The van der Waals surface area contributed by atoms with Crippen LogP contribution in [0.5, 0.6) is 0 Å². The minimum atomic E-state index is -0.898. The second-order valence-corrected chi connectivity index (χ2v) is 4.82. The zero-order chi connectivity index (χ0) is 12.2. The predicted octanol–water partition coefficient (Wildman–Crippen LogP) is 3.66. The molecule has 0 amide bonds. The number of benzene rings is 1. The molecule has 0 aliphatic carbocycles. The average Bonchev–Trinajstić information content (AvgIpc) is 2.27. The van der Waals surface area contributed by atoms with Gasteiger partial charge in [-0.1, -0.05) is 62.4 Å². The minimum Gasteiger partial charge on any atom is -0.385 e. The van der Waals surface area contributed by atoms with Crippen molar-refractivity contribution < 1.29 is 5.11 Å². The van der Waals surface area contributed by atoms with E-state index in [1.807, 2.05) is 56.3 Å². The lowest BCUT2D eigenvalue weighted by molar-refractivity contribution is 0.0220. The molecule has 1 heteroatoms. The van der Waals surface area contributed by atoms with Crippen LogP contribution in [0.3, 0.4) is 0 Å². The van der Waals surface area contributed by atoms with Crippen LogP contribution in [0.1, 0.15) is 26.3 Å². The van der Waals surface area contributed by atoms with Crippen LogP contribution in [0, 0.1) is 5.41 Å². The van der Waals surface area contributed by atoms with Gasteiger partial charge in [-0.15, -0.1) is 6.58 Å². The minimum absolute atomic E-state index is 0.349. The van der Waals surface area contributed by atoms with Crippen LogP contribution in [0.15, 0.2) is 49.1 Å². The summed E-state index contributed by atoms with van der Waals surface area (Å²) in [5.41, 5.74) is -0.161. The summed E-state index contributed by atoms with van der Waals surface area (Å²) in [7, 11) is 0. The molecule has 1 nitrogen and oxygen atoms in total. The first-order valence-electron chi connectivity index (χ1n) is 5.49. The molecule has 0 radical (unpaired) electrons. The number of rotatable bonds is 4. The number of aliphatic hydroxyl groups is 1. The van der Waals surface area contributed by atoms with Crippen molar-refractivity contribution in [1.29, 1.82) is 0 Å². The Morgan fingerprint density at radius 3 is 2.19 bits per heavy atom. The van der Waals surface area contributed by atoms with Crippen molar-refractivity contribution >= 4 is 6.08 Å². The molecular weight excluding hydrogens is 196 g/mol. The van der Waals surface area contributed by atoms with Gasteiger partial charge in [0.05, 0.1) is 5.60 Å². The topological polar surface area (TPSA) is 20.2 Å². The number of hydrogen-bond donors (Lipinski definition) is 1. The molecule has 1 atom stereocenters. The molecular formula is C15H20O. The van der Waals surface area contributed by atoms with Gasteiger partial charge in [0.15, 0.2) is 0 Å². The van der Waals surface area contributed by atoms with Crippen molar-refractivity contribution in [2.24, 2.45) is 5.41 Å². The molecule has 0 aliphatic rings. The van der Waals surface area contributed by atoms with Gasteiger partial charge in [0.1, 0.15) is 0 Å². The monoisotopic (exact) mass is 216 g/mol. The van der Waals surface area contributed by atoms with Gasteiger partial charge in [0.2, 0.25) is 0 Å². The first-order chi connectivity index (χ1) is 7.39. The smallest absolute Gasteiger partial charge is 0.0887 e. The van der Waals surface area contributed by atoms with Crippen molar-refractivity contribution in [2.45, 2.75) is 26.4 Å². The summed E-state index contributed by atoms with van der Waals surface area (Å²) < 4.78 is 0. The SMILES string of the molecule is C=CC(C)(C)C(C)(O)/C=C/c1ccccc1. The van der Waals surface area contributed by atoms with Crippen molar-refractivity contribution in [3.63, 3.8) is 0 Å². The quantitative estimate of drug-likeness (QED) is 0.761. The predicted molar refractivity (Wildman–Crippen MR) is 70.1 cm³/mol. The first kappa shape index (κ1) is 12.7. The molecule has 0 aromatic heterocycles. The fraction of sp³-hybridized carbons (Fsp3) is 0.333. The Labute approximate surface area is 98.1 Å². The Bertz CT molecular complexity index is 372. The highest BCUT2D eigenvalue weighted by Gasteiger charge is 2.34. The maximum atomic E-state index is 10.3. The molecule has 1 aromatic carbocycles. The Kier molecular flexibility index (Phi) is 3.71. The van der Waals surface area contributed by atoms with E-state index < -0.39 is 5.60 Å². The van der Waals surface area contributed by atoms with Gasteiger partial charge in [-0.25, -0.2) is 0 Å². The molecule has 1 N–H and O–H groups in total. The third kappa shape index (κ3) is 2.83. The normalized spacial score (nSPS) is 16.0. The van der Waals surface area contributed by atoms with Gasteiger partial charge in [-0.3, -0.25) is 0 Å². The molecule has 0 saturated carbocycles. The third-order valence-corrected chi connectivity index (χ3v) is 3.21. The number of hydrogen-bond acceptors (Lipinski definition) is 1. The van der Waals surface area contributed by atoms with Crippen LogP contribution in [0.2, 0.25) is 0 Å². The van der Waals surface area contributed by atoms with Crippen LogP contribution in [0.4, 0.5) is 0 Å². The first-order valence-corrected chi connectivity index (χ1v) is 5.49. The van der Waals surface area contributed by atoms with Crippen molar-refractivity contribution in [2.75, 3.05) is 0 Å². The summed E-state index contributed by atoms with van der Waals surface area (Å²) in [4.78, 5) is 0. The maximum absolute atomic E-state index is 10.3.